The number of fused-ring (bicyclic) bond motifs is 1. The first-order chi connectivity index (χ1) is 11.2. The van der Waals surface area contributed by atoms with Crippen LogP contribution in [0, 0.1) is 13.8 Å². The van der Waals surface area contributed by atoms with Crippen LogP contribution in [0.2, 0.25) is 0 Å². The predicted octanol–water partition coefficient (Wildman–Crippen LogP) is 3.09. The monoisotopic (exact) mass is 302 g/mol. The lowest BCUT2D eigenvalue weighted by Gasteiger charge is -2.06. The van der Waals surface area contributed by atoms with Crippen LogP contribution < -0.4 is 0 Å². The Morgan fingerprint density at radius 3 is 2.26 bits per heavy atom. The summed E-state index contributed by atoms with van der Waals surface area (Å²) in [5.41, 5.74) is 7.06. The van der Waals surface area contributed by atoms with E-state index in [0.29, 0.717) is 5.82 Å². The van der Waals surface area contributed by atoms with E-state index in [-0.39, 0.29) is 0 Å². The molecule has 6 nitrogen and oxygen atoms in total. The molecule has 4 aromatic rings. The van der Waals surface area contributed by atoms with Gasteiger partial charge in [-0.15, -0.1) is 5.10 Å². The Kier molecular flexibility index (Phi) is 3.08. The zero-order valence-corrected chi connectivity index (χ0v) is 12.8. The van der Waals surface area contributed by atoms with Crippen molar-refractivity contribution in [1.82, 2.24) is 30.6 Å². The number of hydrogen-bond donors (Lipinski definition) is 1. The van der Waals surface area contributed by atoms with Crippen LogP contribution in [0.15, 0.2) is 42.6 Å². The van der Waals surface area contributed by atoms with Crippen molar-refractivity contribution in [1.29, 1.82) is 0 Å². The normalized spacial score (nSPS) is 11.0. The molecule has 2 heterocycles. The van der Waals surface area contributed by atoms with Crippen LogP contribution in [0.3, 0.4) is 0 Å². The molecule has 4 rings (SSSR count). The number of hydrogen-bond acceptors (Lipinski definition) is 5. The molecule has 0 radical (unpaired) electrons. The van der Waals surface area contributed by atoms with Crippen LogP contribution in [-0.4, -0.2) is 30.6 Å². The zero-order chi connectivity index (χ0) is 15.8. The summed E-state index contributed by atoms with van der Waals surface area (Å²) in [6, 6.07) is 12.1. The lowest BCUT2D eigenvalue weighted by Crippen LogP contribution is -1.91. The van der Waals surface area contributed by atoms with Gasteiger partial charge < -0.3 is 0 Å². The van der Waals surface area contributed by atoms with Crippen LogP contribution in [0.4, 0.5) is 0 Å². The van der Waals surface area contributed by atoms with Crippen LogP contribution in [0.1, 0.15) is 11.1 Å². The first-order valence-electron chi connectivity index (χ1n) is 7.29. The largest absolute Gasteiger partial charge is 0.252 e. The molecule has 0 aliphatic rings. The Labute approximate surface area is 132 Å². The standard InChI is InChI=1S/C17H14N6/c1-10-7-14-15(8-11(10)2)19-16(9-18-14)12-3-5-13(6-4-12)17-20-22-23-21-17/h3-9H,1-2H3,(H,20,21,22,23). The Morgan fingerprint density at radius 1 is 0.870 bits per heavy atom. The second kappa shape index (κ2) is 5.24. The molecule has 0 saturated heterocycles. The topological polar surface area (TPSA) is 80.2 Å². The first-order valence-corrected chi connectivity index (χ1v) is 7.29. The van der Waals surface area contributed by atoms with Gasteiger partial charge in [0.05, 0.1) is 22.9 Å². The minimum absolute atomic E-state index is 0.646. The van der Waals surface area contributed by atoms with Gasteiger partial charge in [0.1, 0.15) is 0 Å². The van der Waals surface area contributed by atoms with Gasteiger partial charge in [0.15, 0.2) is 5.82 Å². The molecular weight excluding hydrogens is 288 g/mol. The number of nitrogens with zero attached hydrogens (tertiary/aromatic N) is 5. The molecule has 0 unspecified atom stereocenters. The van der Waals surface area contributed by atoms with E-state index in [1.165, 1.54) is 11.1 Å². The van der Waals surface area contributed by atoms with E-state index < -0.39 is 0 Å². The number of benzene rings is 2. The number of tetrazole rings is 1. The highest BCUT2D eigenvalue weighted by molar-refractivity contribution is 5.79. The summed E-state index contributed by atoms with van der Waals surface area (Å²) < 4.78 is 0. The SMILES string of the molecule is Cc1cc2ncc(-c3ccc(-c4nnn[nH]4)cc3)nc2cc1C. The molecule has 0 amide bonds. The minimum Gasteiger partial charge on any atom is -0.252 e. The fourth-order valence-electron chi connectivity index (χ4n) is 2.49. The highest BCUT2D eigenvalue weighted by atomic mass is 15.5. The van der Waals surface area contributed by atoms with Crippen LogP contribution >= 0.6 is 0 Å². The summed E-state index contributed by atoms with van der Waals surface area (Å²) in [5.74, 6) is 0.646. The van der Waals surface area contributed by atoms with Crippen molar-refractivity contribution in [2.24, 2.45) is 0 Å². The third-order valence-corrected chi connectivity index (χ3v) is 3.96. The Hall–Kier alpha value is -3.15. The number of nitrogens with one attached hydrogen (secondary N) is 1. The summed E-state index contributed by atoms with van der Waals surface area (Å²) in [4.78, 5) is 9.26. The Bertz CT molecular complexity index is 974. The van der Waals surface area contributed by atoms with E-state index in [4.69, 9.17) is 4.98 Å². The molecule has 112 valence electrons. The maximum Gasteiger partial charge on any atom is 0.179 e. The van der Waals surface area contributed by atoms with Crippen molar-refractivity contribution in [3.8, 4) is 22.6 Å². The van der Waals surface area contributed by atoms with Gasteiger partial charge in [-0.2, -0.15) is 0 Å². The molecule has 0 aliphatic heterocycles. The summed E-state index contributed by atoms with van der Waals surface area (Å²) >= 11 is 0. The second-order valence-electron chi connectivity index (χ2n) is 5.51. The van der Waals surface area contributed by atoms with Crippen LogP contribution in [-0.2, 0) is 0 Å². The highest BCUT2D eigenvalue weighted by Gasteiger charge is 2.06. The van der Waals surface area contributed by atoms with Gasteiger partial charge in [0.2, 0.25) is 0 Å². The van der Waals surface area contributed by atoms with Crippen molar-refractivity contribution in [2.45, 2.75) is 13.8 Å². The third-order valence-electron chi connectivity index (χ3n) is 3.96. The van der Waals surface area contributed by atoms with Gasteiger partial charge in [-0.3, -0.25) is 4.98 Å². The van der Waals surface area contributed by atoms with Gasteiger partial charge >= 0.3 is 0 Å². The fraction of sp³-hybridized carbons (Fsp3) is 0.118. The Balaban J connectivity index is 1.75. The van der Waals surface area contributed by atoms with Gasteiger partial charge in [0, 0.05) is 11.1 Å². The molecule has 2 aromatic carbocycles. The molecule has 0 spiro atoms. The maximum absolute atomic E-state index is 4.73. The molecule has 0 bridgehead atoms. The first kappa shape index (κ1) is 13.5. The maximum atomic E-state index is 4.73. The molecule has 6 heteroatoms. The zero-order valence-electron chi connectivity index (χ0n) is 12.8. The predicted molar refractivity (Wildman–Crippen MR) is 87.6 cm³/mol. The van der Waals surface area contributed by atoms with E-state index in [9.17, 15) is 0 Å². The number of aromatic nitrogens is 6. The number of aromatic amines is 1. The van der Waals surface area contributed by atoms with Gasteiger partial charge in [-0.1, -0.05) is 24.3 Å². The number of aryl methyl sites for hydroxylation is 2. The van der Waals surface area contributed by atoms with Crippen LogP contribution in [0.25, 0.3) is 33.7 Å². The summed E-state index contributed by atoms with van der Waals surface area (Å²) in [5, 5.41) is 13.8. The number of H-pyrrole nitrogens is 1. The minimum atomic E-state index is 0.646. The van der Waals surface area contributed by atoms with Crippen LogP contribution in [0.5, 0.6) is 0 Å². The number of rotatable bonds is 2. The third kappa shape index (κ3) is 2.44. The van der Waals surface area contributed by atoms with Gasteiger partial charge in [0.25, 0.3) is 0 Å². The molecule has 0 atom stereocenters. The lowest BCUT2D eigenvalue weighted by molar-refractivity contribution is 0.881. The summed E-state index contributed by atoms with van der Waals surface area (Å²) in [6.07, 6.45) is 1.81. The average molecular weight is 302 g/mol. The molecule has 0 aliphatic carbocycles. The van der Waals surface area contributed by atoms with Crippen molar-refractivity contribution in [3.05, 3.63) is 53.7 Å². The van der Waals surface area contributed by atoms with Crippen molar-refractivity contribution in [3.63, 3.8) is 0 Å². The molecular formula is C17H14N6. The molecule has 2 aromatic heterocycles. The van der Waals surface area contributed by atoms with E-state index in [1.807, 2.05) is 30.5 Å². The van der Waals surface area contributed by atoms with Gasteiger partial charge in [-0.05, 0) is 47.5 Å². The Morgan fingerprint density at radius 2 is 1.57 bits per heavy atom. The van der Waals surface area contributed by atoms with E-state index in [2.05, 4.69) is 51.6 Å². The highest BCUT2D eigenvalue weighted by Crippen LogP contribution is 2.23. The summed E-state index contributed by atoms with van der Waals surface area (Å²) in [6.45, 7) is 4.17. The molecule has 0 saturated carbocycles. The van der Waals surface area contributed by atoms with Gasteiger partial charge in [-0.25, -0.2) is 10.1 Å². The average Bonchev–Trinajstić information content (AvgIpc) is 3.10. The molecule has 23 heavy (non-hydrogen) atoms. The van der Waals surface area contributed by atoms with Crippen molar-refractivity contribution >= 4 is 11.0 Å². The van der Waals surface area contributed by atoms with E-state index in [1.54, 1.807) is 0 Å². The van der Waals surface area contributed by atoms with E-state index in [0.717, 1.165) is 27.9 Å². The molecule has 1 N–H and O–H groups in total. The fourth-order valence-corrected chi connectivity index (χ4v) is 2.49. The smallest absolute Gasteiger partial charge is 0.179 e. The van der Waals surface area contributed by atoms with Crippen molar-refractivity contribution < 1.29 is 0 Å². The summed E-state index contributed by atoms with van der Waals surface area (Å²) in [7, 11) is 0. The quantitative estimate of drug-likeness (QED) is 0.615. The van der Waals surface area contributed by atoms with E-state index >= 15 is 0 Å². The van der Waals surface area contributed by atoms with Crippen molar-refractivity contribution in [2.75, 3.05) is 0 Å². The molecule has 0 fully saturated rings. The lowest BCUT2D eigenvalue weighted by atomic mass is 10.1. The second-order valence-corrected chi connectivity index (χ2v) is 5.51.